The number of aromatic nitrogens is 2. The zero-order valence-corrected chi connectivity index (χ0v) is 15.2. The van der Waals surface area contributed by atoms with Gasteiger partial charge in [0.05, 0.1) is 5.25 Å². The molecule has 0 aromatic carbocycles. The SMILES string of the molecule is CCCNc1cc(CCC)nc(C2CSC(C)C(C)S2)n1. The van der Waals surface area contributed by atoms with Gasteiger partial charge in [-0.15, -0.1) is 11.8 Å². The first kappa shape index (κ1) is 16.9. The van der Waals surface area contributed by atoms with Gasteiger partial charge in [0, 0.05) is 34.6 Å². The first-order chi connectivity index (χ1) is 10.1. The summed E-state index contributed by atoms with van der Waals surface area (Å²) in [6.45, 7) is 10.00. The molecule has 118 valence electrons. The van der Waals surface area contributed by atoms with E-state index in [2.05, 4.69) is 50.8 Å². The van der Waals surface area contributed by atoms with Crippen LogP contribution in [-0.4, -0.2) is 32.8 Å². The van der Waals surface area contributed by atoms with Crippen LogP contribution in [0.25, 0.3) is 0 Å². The van der Waals surface area contributed by atoms with Crippen LogP contribution in [0.5, 0.6) is 0 Å². The third kappa shape index (κ3) is 4.78. The normalized spacial score (nSPS) is 25.8. The highest BCUT2D eigenvalue weighted by Gasteiger charge is 2.28. The van der Waals surface area contributed by atoms with E-state index < -0.39 is 0 Å². The van der Waals surface area contributed by atoms with E-state index in [-0.39, 0.29) is 0 Å². The van der Waals surface area contributed by atoms with Gasteiger partial charge in [0.25, 0.3) is 0 Å². The number of thioether (sulfide) groups is 2. The van der Waals surface area contributed by atoms with Crippen LogP contribution in [0, 0.1) is 0 Å². The molecule has 3 unspecified atom stereocenters. The van der Waals surface area contributed by atoms with Crippen LogP contribution in [-0.2, 0) is 6.42 Å². The van der Waals surface area contributed by atoms with E-state index in [4.69, 9.17) is 9.97 Å². The molecule has 1 aliphatic heterocycles. The van der Waals surface area contributed by atoms with E-state index >= 15 is 0 Å². The van der Waals surface area contributed by atoms with Crippen molar-refractivity contribution < 1.29 is 0 Å². The van der Waals surface area contributed by atoms with Crippen LogP contribution in [0.15, 0.2) is 6.07 Å². The second-order valence-electron chi connectivity index (χ2n) is 5.65. The fraction of sp³-hybridized carbons (Fsp3) is 0.750. The zero-order valence-electron chi connectivity index (χ0n) is 13.6. The zero-order chi connectivity index (χ0) is 15.2. The maximum atomic E-state index is 4.83. The molecule has 0 saturated carbocycles. The number of rotatable bonds is 6. The fourth-order valence-corrected chi connectivity index (χ4v) is 5.15. The molecule has 1 aromatic heterocycles. The third-order valence-corrected chi connectivity index (χ3v) is 7.08. The first-order valence-electron chi connectivity index (χ1n) is 8.02. The monoisotopic (exact) mass is 325 g/mol. The number of nitrogens with zero attached hydrogens (tertiary/aromatic N) is 2. The number of hydrogen-bond acceptors (Lipinski definition) is 5. The Balaban J connectivity index is 2.18. The Kier molecular flexibility index (Phi) is 6.68. The van der Waals surface area contributed by atoms with Crippen LogP contribution in [0.1, 0.15) is 57.3 Å². The largest absolute Gasteiger partial charge is 0.370 e. The van der Waals surface area contributed by atoms with Crippen molar-refractivity contribution in [2.45, 2.75) is 62.7 Å². The van der Waals surface area contributed by atoms with E-state index in [1.165, 1.54) is 5.69 Å². The van der Waals surface area contributed by atoms with Gasteiger partial charge < -0.3 is 5.32 Å². The Morgan fingerprint density at radius 2 is 2.00 bits per heavy atom. The molecular formula is C16H27N3S2. The molecule has 1 aliphatic rings. The minimum absolute atomic E-state index is 0.431. The Bertz CT molecular complexity index is 453. The van der Waals surface area contributed by atoms with Gasteiger partial charge in [0.15, 0.2) is 0 Å². The van der Waals surface area contributed by atoms with Crippen LogP contribution in [0.3, 0.4) is 0 Å². The molecule has 1 aromatic rings. The summed E-state index contributed by atoms with van der Waals surface area (Å²) in [6.07, 6.45) is 3.28. The summed E-state index contributed by atoms with van der Waals surface area (Å²) in [5, 5.41) is 5.25. The second-order valence-corrected chi connectivity index (χ2v) is 8.64. The van der Waals surface area contributed by atoms with Crippen LogP contribution in [0.2, 0.25) is 0 Å². The van der Waals surface area contributed by atoms with Crippen molar-refractivity contribution in [2.75, 3.05) is 17.6 Å². The molecule has 0 radical (unpaired) electrons. The van der Waals surface area contributed by atoms with Gasteiger partial charge in [-0.05, 0) is 12.8 Å². The predicted molar refractivity (Wildman–Crippen MR) is 96.5 cm³/mol. The van der Waals surface area contributed by atoms with Crippen LogP contribution >= 0.6 is 23.5 Å². The molecule has 0 bridgehead atoms. The van der Waals surface area contributed by atoms with Gasteiger partial charge in [0.1, 0.15) is 11.6 Å². The fourth-order valence-electron chi connectivity index (χ4n) is 2.31. The van der Waals surface area contributed by atoms with Gasteiger partial charge >= 0.3 is 0 Å². The molecule has 0 aliphatic carbocycles. The topological polar surface area (TPSA) is 37.8 Å². The molecule has 0 spiro atoms. The maximum absolute atomic E-state index is 4.83. The molecule has 3 atom stereocenters. The number of hydrogen-bond donors (Lipinski definition) is 1. The van der Waals surface area contributed by atoms with Crippen molar-refractivity contribution in [1.29, 1.82) is 0 Å². The van der Waals surface area contributed by atoms with Crippen molar-refractivity contribution in [2.24, 2.45) is 0 Å². The highest BCUT2D eigenvalue weighted by molar-refractivity contribution is 8.07. The van der Waals surface area contributed by atoms with Crippen LogP contribution in [0.4, 0.5) is 5.82 Å². The van der Waals surface area contributed by atoms with Gasteiger partial charge in [-0.1, -0.05) is 34.1 Å². The molecule has 1 N–H and O–H groups in total. The summed E-state index contributed by atoms with van der Waals surface area (Å²) >= 11 is 4.08. The second kappa shape index (κ2) is 8.28. The number of aryl methyl sites for hydroxylation is 1. The Morgan fingerprint density at radius 3 is 2.67 bits per heavy atom. The molecular weight excluding hydrogens is 298 g/mol. The van der Waals surface area contributed by atoms with Crippen molar-refractivity contribution in [1.82, 2.24) is 9.97 Å². The summed E-state index contributed by atoms with van der Waals surface area (Å²) in [6, 6.07) is 2.12. The van der Waals surface area contributed by atoms with E-state index in [1.54, 1.807) is 0 Å². The molecule has 2 rings (SSSR count). The van der Waals surface area contributed by atoms with Crippen molar-refractivity contribution >= 4 is 29.3 Å². The van der Waals surface area contributed by atoms with Crippen molar-refractivity contribution in [3.63, 3.8) is 0 Å². The number of anilines is 1. The summed E-state index contributed by atoms with van der Waals surface area (Å²) < 4.78 is 0. The average molecular weight is 326 g/mol. The standard InChI is InChI=1S/C16H27N3S2/c1-5-7-13-9-15(17-8-6-2)19-16(18-13)14-10-20-11(3)12(4)21-14/h9,11-12,14H,5-8,10H2,1-4H3,(H,17,18,19). The molecule has 21 heavy (non-hydrogen) atoms. The average Bonchev–Trinajstić information content (AvgIpc) is 2.48. The quantitative estimate of drug-likeness (QED) is 0.830. The van der Waals surface area contributed by atoms with E-state index in [0.29, 0.717) is 10.5 Å². The summed E-state index contributed by atoms with van der Waals surface area (Å²) in [5.74, 6) is 3.15. The molecule has 1 fully saturated rings. The highest BCUT2D eigenvalue weighted by atomic mass is 32.2. The third-order valence-electron chi connectivity index (χ3n) is 3.70. The summed E-state index contributed by atoms with van der Waals surface area (Å²) in [5.41, 5.74) is 1.18. The lowest BCUT2D eigenvalue weighted by molar-refractivity contribution is 0.813. The lowest BCUT2D eigenvalue weighted by Gasteiger charge is -2.30. The van der Waals surface area contributed by atoms with E-state index in [0.717, 1.165) is 48.5 Å². The van der Waals surface area contributed by atoms with Crippen molar-refractivity contribution in [3.05, 3.63) is 17.6 Å². The lowest BCUT2D eigenvalue weighted by atomic mass is 10.2. The first-order valence-corrected chi connectivity index (χ1v) is 10.0. The van der Waals surface area contributed by atoms with Gasteiger partial charge in [-0.25, -0.2) is 9.97 Å². The van der Waals surface area contributed by atoms with Crippen LogP contribution < -0.4 is 5.32 Å². The Labute approximate surface area is 137 Å². The summed E-state index contributed by atoms with van der Waals surface area (Å²) in [4.78, 5) is 9.61. The molecule has 5 heteroatoms. The van der Waals surface area contributed by atoms with Gasteiger partial charge in [-0.3, -0.25) is 0 Å². The van der Waals surface area contributed by atoms with Gasteiger partial charge in [-0.2, -0.15) is 11.8 Å². The van der Waals surface area contributed by atoms with E-state index in [1.807, 2.05) is 11.8 Å². The van der Waals surface area contributed by atoms with E-state index in [9.17, 15) is 0 Å². The molecule has 2 heterocycles. The van der Waals surface area contributed by atoms with Gasteiger partial charge in [0.2, 0.25) is 0 Å². The number of nitrogens with one attached hydrogen (secondary N) is 1. The minimum atomic E-state index is 0.431. The molecule has 1 saturated heterocycles. The Hall–Kier alpha value is -0.420. The summed E-state index contributed by atoms with van der Waals surface area (Å²) in [7, 11) is 0. The maximum Gasteiger partial charge on any atom is 0.144 e. The highest BCUT2D eigenvalue weighted by Crippen LogP contribution is 2.43. The predicted octanol–water partition coefficient (Wildman–Crippen LogP) is 4.55. The molecule has 3 nitrogen and oxygen atoms in total. The minimum Gasteiger partial charge on any atom is -0.370 e. The Morgan fingerprint density at radius 1 is 1.19 bits per heavy atom. The lowest BCUT2D eigenvalue weighted by Crippen LogP contribution is -2.23. The molecule has 0 amide bonds. The smallest absolute Gasteiger partial charge is 0.144 e. The van der Waals surface area contributed by atoms with Crippen molar-refractivity contribution in [3.8, 4) is 0 Å².